The molecule has 4 unspecified atom stereocenters. The highest BCUT2D eigenvalue weighted by Gasteiger charge is 2.57. The number of Topliss-reactive ketones (excluding diaryl/α,β-unsaturated/α-hetero) is 1. The largest absolute Gasteiger partial charge is 0.508 e. The van der Waals surface area contributed by atoms with Gasteiger partial charge >= 0.3 is 11.4 Å². The molecule has 4 aliphatic rings. The summed E-state index contributed by atoms with van der Waals surface area (Å²) in [6.07, 6.45) is 2.97. The molecule has 1 aliphatic heterocycles. The van der Waals surface area contributed by atoms with Crippen LogP contribution >= 0.6 is 0 Å². The van der Waals surface area contributed by atoms with Crippen LogP contribution in [0.5, 0.6) is 17.2 Å². The Balaban J connectivity index is 1.53. The van der Waals surface area contributed by atoms with E-state index in [-0.39, 0.29) is 64.0 Å². The number of anilines is 2. The van der Waals surface area contributed by atoms with Crippen LogP contribution in [0.3, 0.4) is 0 Å². The Labute approximate surface area is 273 Å². The van der Waals surface area contributed by atoms with E-state index >= 15 is 0 Å². The van der Waals surface area contributed by atoms with Crippen molar-refractivity contribution >= 4 is 46.1 Å². The van der Waals surface area contributed by atoms with Crippen molar-refractivity contribution in [3.8, 4) is 17.2 Å². The Morgan fingerprint density at radius 2 is 1.50 bits per heavy atom. The van der Waals surface area contributed by atoms with Gasteiger partial charge in [-0.15, -0.1) is 0 Å². The van der Waals surface area contributed by atoms with E-state index in [1.165, 1.54) is 58.3 Å². The molecular weight excluding hydrogens is 628 g/mol. The summed E-state index contributed by atoms with van der Waals surface area (Å²) in [5, 5.41) is 34.4. The summed E-state index contributed by atoms with van der Waals surface area (Å²) in [4.78, 5) is 80.0. The van der Waals surface area contributed by atoms with Crippen molar-refractivity contribution in [1.29, 1.82) is 0 Å². The summed E-state index contributed by atoms with van der Waals surface area (Å²) in [6.45, 7) is 1.53. The maximum atomic E-state index is 14.3. The fraction of sp³-hybridized carbons (Fsp3) is 0.333. The molecule has 2 aromatic carbocycles. The number of allylic oxidation sites excluding steroid dienone is 6. The van der Waals surface area contributed by atoms with Crippen molar-refractivity contribution in [3.05, 3.63) is 84.5 Å². The fourth-order valence-electron chi connectivity index (χ4n) is 7.61. The number of carbonyl (C=O) groups is 4. The first-order valence-electron chi connectivity index (χ1n) is 14.9. The van der Waals surface area contributed by atoms with Gasteiger partial charge in [0, 0.05) is 66.6 Å². The van der Waals surface area contributed by atoms with Crippen molar-refractivity contribution in [2.45, 2.75) is 25.7 Å². The highest BCUT2D eigenvalue weighted by molar-refractivity contribution is 6.25. The van der Waals surface area contributed by atoms with E-state index < -0.39 is 62.5 Å². The Bertz CT molecular complexity index is 1910. The molecule has 248 valence electrons. The van der Waals surface area contributed by atoms with Gasteiger partial charge in [-0.3, -0.25) is 39.4 Å². The average molecular weight is 659 g/mol. The van der Waals surface area contributed by atoms with Crippen LogP contribution in [0.15, 0.2) is 58.7 Å². The number of ether oxygens (including phenoxy) is 2. The van der Waals surface area contributed by atoms with Gasteiger partial charge in [-0.25, -0.2) is 4.90 Å². The number of hydrogen-bond donors (Lipinski definition) is 1. The van der Waals surface area contributed by atoms with Gasteiger partial charge in [0.05, 0.1) is 41.6 Å². The highest BCUT2D eigenvalue weighted by Crippen LogP contribution is 2.58. The van der Waals surface area contributed by atoms with Gasteiger partial charge in [0.25, 0.3) is 0 Å². The summed E-state index contributed by atoms with van der Waals surface area (Å²) >= 11 is 0. The van der Waals surface area contributed by atoms with Crippen LogP contribution in [-0.2, 0) is 19.2 Å². The first-order chi connectivity index (χ1) is 22.7. The molecule has 48 heavy (non-hydrogen) atoms. The van der Waals surface area contributed by atoms with Crippen LogP contribution in [0.4, 0.5) is 22.7 Å². The minimum Gasteiger partial charge on any atom is -0.508 e. The number of nitrogens with zero attached hydrogens (tertiary/aromatic N) is 4. The van der Waals surface area contributed by atoms with Gasteiger partial charge in [-0.1, -0.05) is 11.6 Å². The fourth-order valence-corrected chi connectivity index (χ4v) is 7.61. The second-order valence-corrected chi connectivity index (χ2v) is 12.2. The molecule has 0 saturated carbocycles. The number of imide groups is 1. The van der Waals surface area contributed by atoms with Gasteiger partial charge in [0.15, 0.2) is 17.3 Å². The van der Waals surface area contributed by atoms with Crippen LogP contribution in [0.1, 0.15) is 31.2 Å². The topological polar surface area (TPSA) is 200 Å². The number of amides is 2. The van der Waals surface area contributed by atoms with E-state index in [0.29, 0.717) is 11.1 Å². The number of aromatic hydroxyl groups is 1. The summed E-state index contributed by atoms with van der Waals surface area (Å²) in [5.74, 6) is -5.85. The molecule has 2 amide bonds. The smallest absolute Gasteiger partial charge is 0.301 e. The minimum absolute atomic E-state index is 0.0380. The van der Waals surface area contributed by atoms with Crippen molar-refractivity contribution in [2.75, 3.05) is 38.1 Å². The number of hydrogen-bond acceptors (Lipinski definition) is 12. The van der Waals surface area contributed by atoms with Crippen molar-refractivity contribution in [3.63, 3.8) is 0 Å². The zero-order chi connectivity index (χ0) is 34.9. The van der Waals surface area contributed by atoms with Crippen LogP contribution in [-0.4, -0.2) is 66.6 Å². The number of carbonyl (C=O) groups excluding carboxylic acids is 4. The molecule has 1 saturated heterocycles. The number of methoxy groups -OCH3 is 2. The number of rotatable bonds is 7. The van der Waals surface area contributed by atoms with E-state index in [2.05, 4.69) is 0 Å². The number of benzene rings is 2. The lowest BCUT2D eigenvalue weighted by molar-refractivity contribution is -0.392. The highest BCUT2D eigenvalue weighted by atomic mass is 16.6. The molecule has 0 bridgehead atoms. The van der Waals surface area contributed by atoms with Crippen molar-refractivity contribution < 1.29 is 43.6 Å². The third-order valence-electron chi connectivity index (χ3n) is 9.54. The molecular formula is C33H30N4O11. The van der Waals surface area contributed by atoms with E-state index in [1.54, 1.807) is 6.08 Å². The van der Waals surface area contributed by atoms with E-state index in [4.69, 9.17) is 9.47 Å². The number of nitro groups is 2. The van der Waals surface area contributed by atoms with Gasteiger partial charge < -0.3 is 19.5 Å². The van der Waals surface area contributed by atoms with Gasteiger partial charge in [0.1, 0.15) is 17.2 Å². The molecule has 1 N–H and O–H groups in total. The predicted octanol–water partition coefficient (Wildman–Crippen LogP) is 3.93. The Morgan fingerprint density at radius 1 is 0.917 bits per heavy atom. The Hall–Kier alpha value is -5.86. The minimum atomic E-state index is -1.07. The number of phenols is 1. The van der Waals surface area contributed by atoms with E-state index in [0.717, 1.165) is 17.0 Å². The maximum Gasteiger partial charge on any atom is 0.301 e. The molecule has 1 fully saturated rings. The normalized spacial score (nSPS) is 23.2. The molecule has 0 aromatic heterocycles. The summed E-state index contributed by atoms with van der Waals surface area (Å²) < 4.78 is 11.2. The third kappa shape index (κ3) is 4.64. The molecule has 1 heterocycles. The average Bonchev–Trinajstić information content (AvgIpc) is 3.30. The number of nitro benzene ring substituents is 2. The van der Waals surface area contributed by atoms with Crippen LogP contribution in [0.2, 0.25) is 0 Å². The molecule has 0 spiro atoms. The number of fused-ring (bicyclic) bond motifs is 3. The van der Waals surface area contributed by atoms with Gasteiger partial charge in [-0.2, -0.15) is 0 Å². The summed E-state index contributed by atoms with van der Waals surface area (Å²) in [6, 6.07) is 4.62. The molecule has 4 atom stereocenters. The zero-order valence-electron chi connectivity index (χ0n) is 26.5. The van der Waals surface area contributed by atoms with Crippen LogP contribution < -0.4 is 19.3 Å². The molecule has 15 nitrogen and oxygen atoms in total. The first kappa shape index (κ1) is 32.1. The summed E-state index contributed by atoms with van der Waals surface area (Å²) in [7, 11) is 5.54. The second-order valence-electron chi connectivity index (χ2n) is 12.2. The quantitative estimate of drug-likeness (QED) is 0.148. The predicted molar refractivity (Wildman–Crippen MR) is 169 cm³/mol. The van der Waals surface area contributed by atoms with Crippen LogP contribution in [0.25, 0.3) is 0 Å². The monoisotopic (exact) mass is 658 g/mol. The molecule has 6 rings (SSSR count). The molecule has 2 aromatic rings. The lowest BCUT2D eigenvalue weighted by Crippen LogP contribution is -2.40. The van der Waals surface area contributed by atoms with Crippen molar-refractivity contribution in [1.82, 2.24) is 0 Å². The number of phenolic OH excluding ortho intramolecular Hbond substituents is 1. The molecule has 15 heteroatoms. The van der Waals surface area contributed by atoms with Gasteiger partial charge in [0.2, 0.25) is 11.8 Å². The standard InChI is InChI=1S/C33H30N4O11/c1-14-8-23(39)20-13-19-17(27(28(20)31(14)40)29-24(47-4)11-16(38)12-25(29)48-5)6-7-18-26(19)33(42)35(32(18)41)15-9-21(36(43)44)30(34(2)3)22(10-15)37(45)46/h6,8-12,18-19,26-27,38H,7,13H2,1-5H3. The molecule has 0 radical (unpaired) electrons. The van der Waals surface area contributed by atoms with Crippen molar-refractivity contribution in [2.24, 2.45) is 17.8 Å². The molecule has 3 aliphatic carbocycles. The summed E-state index contributed by atoms with van der Waals surface area (Å²) in [5.41, 5.74) is -0.470. The first-order valence-corrected chi connectivity index (χ1v) is 14.9. The zero-order valence-corrected chi connectivity index (χ0v) is 26.5. The maximum absolute atomic E-state index is 14.3. The van der Waals surface area contributed by atoms with E-state index in [9.17, 15) is 44.5 Å². The van der Waals surface area contributed by atoms with Crippen LogP contribution in [0, 0.1) is 38.0 Å². The lowest BCUT2D eigenvalue weighted by Gasteiger charge is -2.42. The van der Waals surface area contributed by atoms with Gasteiger partial charge in [-0.05, 0) is 31.8 Å². The lowest BCUT2D eigenvalue weighted by atomic mass is 9.59. The Morgan fingerprint density at radius 3 is 2.02 bits per heavy atom. The number of ketones is 2. The van der Waals surface area contributed by atoms with E-state index in [1.807, 2.05) is 0 Å². The second kappa shape index (κ2) is 11.4. The Kier molecular flexibility index (Phi) is 7.65. The SMILES string of the molecule is COc1cc(O)cc(OC)c1C1C2=CCC3C(=O)N(c4cc([N+](=O)[O-])c(N(C)C)c([N+](=O)[O-])c4)C(=O)C3C2CC2=C1C(=O)C(C)=CC2=O. The third-order valence-corrected chi connectivity index (χ3v) is 9.54.